The molecule has 8 heteroatoms. The summed E-state index contributed by atoms with van der Waals surface area (Å²) >= 11 is 0. The van der Waals surface area contributed by atoms with E-state index < -0.39 is 11.9 Å². The minimum absolute atomic E-state index is 0.157. The summed E-state index contributed by atoms with van der Waals surface area (Å²) in [6.07, 6.45) is 6.09. The fraction of sp³-hybridized carbons (Fsp3) is 0.0370. The summed E-state index contributed by atoms with van der Waals surface area (Å²) in [7, 11) is 0. The number of carbonyl (C=O) groups excluding carboxylic acids is 2. The second-order valence-electron chi connectivity index (χ2n) is 7.42. The predicted octanol–water partition coefficient (Wildman–Crippen LogP) is 4.45. The fourth-order valence-corrected chi connectivity index (χ4v) is 3.10. The van der Waals surface area contributed by atoms with E-state index in [1.807, 2.05) is 30.3 Å². The number of halogens is 1. The lowest BCUT2D eigenvalue weighted by atomic mass is 10.2. The lowest BCUT2D eigenvalue weighted by Gasteiger charge is -2.03. The average molecular weight is 468 g/mol. The van der Waals surface area contributed by atoms with Crippen molar-refractivity contribution in [2.75, 3.05) is 0 Å². The van der Waals surface area contributed by atoms with Crippen molar-refractivity contribution in [2.45, 2.75) is 6.54 Å². The van der Waals surface area contributed by atoms with Crippen LogP contribution in [0.3, 0.4) is 0 Å². The zero-order valence-corrected chi connectivity index (χ0v) is 18.5. The van der Waals surface area contributed by atoms with Crippen molar-refractivity contribution < 1.29 is 18.7 Å². The Balaban J connectivity index is 1.27. The van der Waals surface area contributed by atoms with Gasteiger partial charge in [-0.2, -0.15) is 10.2 Å². The summed E-state index contributed by atoms with van der Waals surface area (Å²) in [5.74, 6) is -0.932. The topological polar surface area (TPSA) is 85.6 Å². The number of benzene rings is 3. The fourth-order valence-electron chi connectivity index (χ4n) is 3.10. The number of nitrogens with zero attached hydrogens (tertiary/aromatic N) is 3. The van der Waals surface area contributed by atoms with Gasteiger partial charge in [-0.1, -0.05) is 48.5 Å². The van der Waals surface area contributed by atoms with Crippen LogP contribution in [0.5, 0.6) is 5.75 Å². The standard InChI is InChI=1S/C27H21FN4O3/c28-24-9-5-4-8-22(24)19-32-17-16-25(31-32)27(34)30-29-18-21-10-13-23(14-11-21)35-26(33)15-12-20-6-2-1-3-7-20/h1-18H,19H2,(H,30,34). The van der Waals surface area contributed by atoms with Gasteiger partial charge in [0.05, 0.1) is 12.8 Å². The Bertz CT molecular complexity index is 1360. The molecule has 0 saturated carbocycles. The second kappa shape index (κ2) is 11.3. The van der Waals surface area contributed by atoms with Gasteiger partial charge in [-0.15, -0.1) is 0 Å². The zero-order chi connectivity index (χ0) is 24.5. The molecule has 0 bridgehead atoms. The van der Waals surface area contributed by atoms with Crippen LogP contribution in [0.1, 0.15) is 27.2 Å². The first-order valence-electron chi connectivity index (χ1n) is 10.7. The third-order valence-electron chi connectivity index (χ3n) is 4.85. The Labute approximate surface area is 201 Å². The maximum absolute atomic E-state index is 13.8. The summed E-state index contributed by atoms with van der Waals surface area (Å²) in [5.41, 5.74) is 4.62. The van der Waals surface area contributed by atoms with Crippen LogP contribution in [-0.4, -0.2) is 27.9 Å². The van der Waals surface area contributed by atoms with Crippen molar-refractivity contribution >= 4 is 24.2 Å². The van der Waals surface area contributed by atoms with Crippen molar-refractivity contribution in [1.82, 2.24) is 15.2 Å². The van der Waals surface area contributed by atoms with Gasteiger partial charge in [-0.3, -0.25) is 9.48 Å². The first-order valence-corrected chi connectivity index (χ1v) is 10.7. The molecule has 0 aliphatic heterocycles. The summed E-state index contributed by atoms with van der Waals surface area (Å²) < 4.78 is 20.5. The van der Waals surface area contributed by atoms with Gasteiger partial charge in [-0.25, -0.2) is 14.6 Å². The lowest BCUT2D eigenvalue weighted by Crippen LogP contribution is -2.18. The highest BCUT2D eigenvalue weighted by molar-refractivity contribution is 5.93. The molecule has 174 valence electrons. The predicted molar refractivity (Wildman–Crippen MR) is 130 cm³/mol. The van der Waals surface area contributed by atoms with E-state index in [0.717, 1.165) is 5.56 Å². The Hall–Kier alpha value is -4.85. The maximum atomic E-state index is 13.8. The highest BCUT2D eigenvalue weighted by atomic mass is 19.1. The van der Waals surface area contributed by atoms with Gasteiger partial charge in [0.25, 0.3) is 5.91 Å². The molecular formula is C27H21FN4O3. The van der Waals surface area contributed by atoms with E-state index in [2.05, 4.69) is 15.6 Å². The molecule has 1 amide bonds. The summed E-state index contributed by atoms with van der Waals surface area (Å²) in [6, 6.07) is 24.0. The zero-order valence-electron chi connectivity index (χ0n) is 18.5. The van der Waals surface area contributed by atoms with Crippen LogP contribution in [0.4, 0.5) is 4.39 Å². The van der Waals surface area contributed by atoms with Gasteiger partial charge >= 0.3 is 5.97 Å². The Kier molecular flexibility index (Phi) is 7.55. The second-order valence-corrected chi connectivity index (χ2v) is 7.42. The Morgan fingerprint density at radius 3 is 2.46 bits per heavy atom. The van der Waals surface area contributed by atoms with Crippen LogP contribution in [0, 0.1) is 5.82 Å². The normalized spacial score (nSPS) is 11.1. The largest absolute Gasteiger partial charge is 0.423 e. The lowest BCUT2D eigenvalue weighted by molar-refractivity contribution is -0.128. The minimum atomic E-state index is -0.496. The van der Waals surface area contributed by atoms with Crippen LogP contribution in [0.25, 0.3) is 6.08 Å². The van der Waals surface area contributed by atoms with Gasteiger partial charge in [0.1, 0.15) is 11.6 Å². The van der Waals surface area contributed by atoms with Crippen molar-refractivity contribution in [3.05, 3.63) is 125 Å². The first-order chi connectivity index (χ1) is 17.1. The van der Waals surface area contributed by atoms with E-state index in [9.17, 15) is 14.0 Å². The van der Waals surface area contributed by atoms with Crippen LogP contribution in [0.15, 0.2) is 102 Å². The van der Waals surface area contributed by atoms with Gasteiger partial charge < -0.3 is 4.74 Å². The number of carbonyl (C=O) groups is 2. The van der Waals surface area contributed by atoms with Crippen molar-refractivity contribution in [3.8, 4) is 5.75 Å². The molecule has 0 fully saturated rings. The molecule has 0 atom stereocenters. The number of esters is 1. The number of hydrogen-bond donors (Lipinski definition) is 1. The van der Waals surface area contributed by atoms with Crippen LogP contribution in [-0.2, 0) is 11.3 Å². The minimum Gasteiger partial charge on any atom is -0.423 e. The summed E-state index contributed by atoms with van der Waals surface area (Å²) in [6.45, 7) is 0.211. The molecule has 3 aromatic carbocycles. The SMILES string of the molecule is O=C(C=Cc1ccccc1)Oc1ccc(C=NNC(=O)c2ccn(Cc3ccccc3F)n2)cc1. The molecule has 7 nitrogen and oxygen atoms in total. The van der Waals surface area contributed by atoms with Gasteiger partial charge in [0.2, 0.25) is 0 Å². The monoisotopic (exact) mass is 468 g/mol. The molecule has 1 heterocycles. The molecule has 0 radical (unpaired) electrons. The molecule has 0 aliphatic carbocycles. The molecule has 0 spiro atoms. The Morgan fingerprint density at radius 1 is 0.943 bits per heavy atom. The van der Waals surface area contributed by atoms with Crippen LogP contribution >= 0.6 is 0 Å². The van der Waals surface area contributed by atoms with E-state index in [1.54, 1.807) is 54.7 Å². The molecular weight excluding hydrogens is 447 g/mol. The average Bonchev–Trinajstić information content (AvgIpc) is 3.35. The Morgan fingerprint density at radius 2 is 1.69 bits per heavy atom. The number of hydrogen-bond acceptors (Lipinski definition) is 5. The number of rotatable bonds is 8. The number of ether oxygens (including phenoxy) is 1. The summed E-state index contributed by atoms with van der Waals surface area (Å²) in [5, 5.41) is 8.08. The van der Waals surface area contributed by atoms with Gasteiger partial charge in [0, 0.05) is 17.8 Å². The molecule has 1 N–H and O–H groups in total. The van der Waals surface area contributed by atoms with Crippen molar-refractivity contribution in [1.29, 1.82) is 0 Å². The number of hydrazone groups is 1. The highest BCUT2D eigenvalue weighted by Crippen LogP contribution is 2.12. The van der Waals surface area contributed by atoms with Crippen molar-refractivity contribution in [3.63, 3.8) is 0 Å². The van der Waals surface area contributed by atoms with Crippen LogP contribution < -0.4 is 10.2 Å². The molecule has 35 heavy (non-hydrogen) atoms. The van der Waals surface area contributed by atoms with Crippen LogP contribution in [0.2, 0.25) is 0 Å². The van der Waals surface area contributed by atoms with Gasteiger partial charge in [0.15, 0.2) is 5.69 Å². The third kappa shape index (κ3) is 6.82. The number of aromatic nitrogens is 2. The molecule has 1 aromatic heterocycles. The molecule has 0 aliphatic rings. The third-order valence-corrected chi connectivity index (χ3v) is 4.85. The molecule has 0 unspecified atom stereocenters. The van der Waals surface area contributed by atoms with Gasteiger partial charge in [-0.05, 0) is 53.6 Å². The van der Waals surface area contributed by atoms with Crippen molar-refractivity contribution in [2.24, 2.45) is 5.10 Å². The quantitative estimate of drug-likeness (QED) is 0.136. The molecule has 4 rings (SSSR count). The number of amides is 1. The molecule has 0 saturated heterocycles. The van der Waals surface area contributed by atoms with E-state index in [4.69, 9.17) is 4.74 Å². The van der Waals surface area contributed by atoms with E-state index in [-0.39, 0.29) is 18.1 Å². The van der Waals surface area contributed by atoms with E-state index in [1.165, 1.54) is 29.1 Å². The smallest absolute Gasteiger partial charge is 0.336 e. The maximum Gasteiger partial charge on any atom is 0.336 e. The summed E-state index contributed by atoms with van der Waals surface area (Å²) in [4.78, 5) is 24.2. The number of nitrogens with one attached hydrogen (secondary N) is 1. The van der Waals surface area contributed by atoms with E-state index in [0.29, 0.717) is 16.9 Å². The highest BCUT2D eigenvalue weighted by Gasteiger charge is 2.10. The first kappa shape index (κ1) is 23.3. The molecule has 4 aromatic rings. The van der Waals surface area contributed by atoms with E-state index >= 15 is 0 Å².